The van der Waals surface area contributed by atoms with E-state index in [1.54, 1.807) is 25.1 Å². The van der Waals surface area contributed by atoms with Gasteiger partial charge in [-0.2, -0.15) is 5.10 Å². The molecule has 0 aliphatic rings. The summed E-state index contributed by atoms with van der Waals surface area (Å²) in [5.74, 6) is 0.371. The van der Waals surface area contributed by atoms with E-state index in [0.29, 0.717) is 38.7 Å². The number of fused-ring (bicyclic) bond motifs is 1. The number of hydrazone groups is 1. The van der Waals surface area contributed by atoms with Gasteiger partial charge in [0.05, 0.1) is 30.3 Å². The fraction of sp³-hybridized carbons (Fsp3) is 0.158. The smallest absolute Gasteiger partial charge is 0.268 e. The molecule has 0 aliphatic carbocycles. The highest BCUT2D eigenvalue weighted by Gasteiger charge is 2.24. The van der Waals surface area contributed by atoms with Crippen molar-refractivity contribution in [2.45, 2.75) is 11.8 Å². The number of hydrogen-bond donors (Lipinski definition) is 3. The highest BCUT2D eigenvalue weighted by molar-refractivity contribution is 7.90. The highest BCUT2D eigenvalue weighted by atomic mass is 35.5. The van der Waals surface area contributed by atoms with Gasteiger partial charge in [-0.15, -0.1) is 0 Å². The van der Waals surface area contributed by atoms with E-state index in [1.807, 2.05) is 0 Å². The van der Waals surface area contributed by atoms with E-state index in [4.69, 9.17) is 32.2 Å². The number of benzene rings is 2. The summed E-state index contributed by atoms with van der Waals surface area (Å²) >= 11 is 6.14. The Kier molecular flexibility index (Phi) is 5.90. The number of nitrogens with zero attached hydrogens (tertiary/aromatic N) is 2. The van der Waals surface area contributed by atoms with Gasteiger partial charge >= 0.3 is 0 Å². The normalized spacial score (nSPS) is 12.1. The lowest BCUT2D eigenvalue weighted by atomic mass is 10.1. The average molecular weight is 450 g/mol. The minimum Gasteiger partial charge on any atom is -0.493 e. The van der Waals surface area contributed by atoms with E-state index in [9.17, 15) is 8.42 Å². The molecule has 0 amide bonds. The molecule has 0 saturated heterocycles. The number of hydrogen-bond acceptors (Lipinski definition) is 6. The summed E-state index contributed by atoms with van der Waals surface area (Å²) in [5, 5.41) is 12.3. The van der Waals surface area contributed by atoms with Crippen LogP contribution in [0.15, 0.2) is 52.6 Å². The molecule has 3 rings (SSSR count). The maximum absolute atomic E-state index is 13.4. The fourth-order valence-electron chi connectivity index (χ4n) is 2.95. The SMILES string of the molecule is COc1ccc(S(=O)(=O)n2cc(/C(C)=N\NC(=N)N)c3cc(Cl)ccc32)cc1OC. The number of ether oxygens (including phenoxy) is 2. The summed E-state index contributed by atoms with van der Waals surface area (Å²) in [7, 11) is -1.08. The van der Waals surface area contributed by atoms with Crippen LogP contribution in [0.3, 0.4) is 0 Å². The Morgan fingerprint density at radius 1 is 1.17 bits per heavy atom. The minimum atomic E-state index is -3.98. The van der Waals surface area contributed by atoms with Gasteiger partial charge in [0.1, 0.15) is 0 Å². The third-order valence-electron chi connectivity index (χ3n) is 4.38. The van der Waals surface area contributed by atoms with Gasteiger partial charge < -0.3 is 15.2 Å². The first-order valence-corrected chi connectivity index (χ1v) is 10.4. The Bertz CT molecular complexity index is 1270. The second kappa shape index (κ2) is 8.25. The summed E-state index contributed by atoms with van der Waals surface area (Å²) in [6.45, 7) is 1.67. The number of rotatable bonds is 6. The van der Waals surface area contributed by atoms with Crippen LogP contribution in [0.4, 0.5) is 0 Å². The third kappa shape index (κ3) is 3.91. The molecule has 0 aliphatic heterocycles. The van der Waals surface area contributed by atoms with Gasteiger partial charge in [0.2, 0.25) is 5.96 Å². The van der Waals surface area contributed by atoms with Gasteiger partial charge in [0.25, 0.3) is 10.0 Å². The predicted molar refractivity (Wildman–Crippen MR) is 116 cm³/mol. The monoisotopic (exact) mass is 449 g/mol. The summed E-state index contributed by atoms with van der Waals surface area (Å²) in [5.41, 5.74) is 9.00. The molecule has 1 heterocycles. The maximum atomic E-state index is 13.4. The van der Waals surface area contributed by atoms with Gasteiger partial charge in [-0.1, -0.05) is 11.6 Å². The van der Waals surface area contributed by atoms with Crippen LogP contribution in [0, 0.1) is 5.41 Å². The largest absolute Gasteiger partial charge is 0.493 e. The molecule has 0 fully saturated rings. The summed E-state index contributed by atoms with van der Waals surface area (Å²) in [6, 6.07) is 9.24. The van der Waals surface area contributed by atoms with E-state index in [2.05, 4.69) is 10.5 Å². The van der Waals surface area contributed by atoms with Crippen molar-refractivity contribution in [1.82, 2.24) is 9.40 Å². The lowest BCUT2D eigenvalue weighted by Crippen LogP contribution is -2.26. The van der Waals surface area contributed by atoms with Crippen LogP contribution in [0.5, 0.6) is 11.5 Å². The Morgan fingerprint density at radius 3 is 2.50 bits per heavy atom. The third-order valence-corrected chi connectivity index (χ3v) is 6.28. The zero-order chi connectivity index (χ0) is 22.1. The van der Waals surface area contributed by atoms with Gasteiger partial charge in [-0.05, 0) is 37.3 Å². The van der Waals surface area contributed by atoms with Crippen molar-refractivity contribution in [1.29, 1.82) is 5.41 Å². The second-order valence-electron chi connectivity index (χ2n) is 6.24. The lowest BCUT2D eigenvalue weighted by Gasteiger charge is -2.11. The molecule has 0 unspecified atom stereocenters. The van der Waals surface area contributed by atoms with E-state index in [0.717, 1.165) is 3.97 Å². The molecule has 4 N–H and O–H groups in total. The van der Waals surface area contributed by atoms with Crippen LogP contribution in [0.1, 0.15) is 12.5 Å². The van der Waals surface area contributed by atoms with Gasteiger partial charge in [0, 0.05) is 28.2 Å². The van der Waals surface area contributed by atoms with Crippen LogP contribution in [-0.2, 0) is 10.0 Å². The van der Waals surface area contributed by atoms with Crippen molar-refractivity contribution in [3.8, 4) is 11.5 Å². The molecule has 3 aromatic rings. The molecular formula is C19H20ClN5O4S. The van der Waals surface area contributed by atoms with Crippen LogP contribution < -0.4 is 20.6 Å². The van der Waals surface area contributed by atoms with Gasteiger partial charge in [-0.25, -0.2) is 17.8 Å². The van der Waals surface area contributed by atoms with E-state index >= 15 is 0 Å². The van der Waals surface area contributed by atoms with E-state index in [-0.39, 0.29) is 10.9 Å². The number of methoxy groups -OCH3 is 2. The Balaban J connectivity index is 2.23. The molecule has 9 nitrogen and oxygen atoms in total. The first-order valence-electron chi connectivity index (χ1n) is 8.62. The minimum absolute atomic E-state index is 0.0232. The van der Waals surface area contributed by atoms with Crippen molar-refractivity contribution >= 4 is 44.2 Å². The molecule has 1 aromatic heterocycles. The van der Waals surface area contributed by atoms with Crippen molar-refractivity contribution in [3.63, 3.8) is 0 Å². The molecule has 158 valence electrons. The summed E-state index contributed by atoms with van der Waals surface area (Å²) in [4.78, 5) is 0.0232. The molecule has 0 atom stereocenters. The first kappa shape index (κ1) is 21.5. The maximum Gasteiger partial charge on any atom is 0.268 e. The van der Waals surface area contributed by atoms with Crippen LogP contribution >= 0.6 is 11.6 Å². The molecule has 11 heteroatoms. The van der Waals surface area contributed by atoms with Crippen molar-refractivity contribution < 1.29 is 17.9 Å². The molecule has 2 aromatic carbocycles. The lowest BCUT2D eigenvalue weighted by molar-refractivity contribution is 0.354. The zero-order valence-corrected chi connectivity index (χ0v) is 18.0. The molecular weight excluding hydrogens is 430 g/mol. The summed E-state index contributed by atoms with van der Waals surface area (Å²) in [6.07, 6.45) is 1.45. The Labute approximate surface area is 178 Å². The van der Waals surface area contributed by atoms with Crippen LogP contribution in [0.2, 0.25) is 5.02 Å². The van der Waals surface area contributed by atoms with Gasteiger partial charge in [0.15, 0.2) is 11.5 Å². The predicted octanol–water partition coefficient (Wildman–Crippen LogP) is 2.76. The van der Waals surface area contributed by atoms with E-state index < -0.39 is 10.0 Å². The van der Waals surface area contributed by atoms with Crippen LogP contribution in [-0.4, -0.2) is 38.3 Å². The zero-order valence-electron chi connectivity index (χ0n) is 16.4. The fourth-order valence-corrected chi connectivity index (χ4v) is 4.51. The molecule has 0 bridgehead atoms. The number of guanidine groups is 1. The van der Waals surface area contributed by atoms with Crippen molar-refractivity contribution in [3.05, 3.63) is 53.2 Å². The Morgan fingerprint density at radius 2 is 1.87 bits per heavy atom. The molecule has 30 heavy (non-hydrogen) atoms. The molecule has 0 radical (unpaired) electrons. The molecule has 0 spiro atoms. The Hall–Kier alpha value is -3.24. The average Bonchev–Trinajstić information content (AvgIpc) is 3.10. The van der Waals surface area contributed by atoms with Gasteiger partial charge in [-0.3, -0.25) is 5.41 Å². The highest BCUT2D eigenvalue weighted by Crippen LogP contribution is 2.33. The molecule has 0 saturated carbocycles. The number of nitrogens with two attached hydrogens (primary N) is 1. The summed E-state index contributed by atoms with van der Waals surface area (Å²) < 4.78 is 38.4. The van der Waals surface area contributed by atoms with Crippen LogP contribution in [0.25, 0.3) is 10.9 Å². The number of aromatic nitrogens is 1. The van der Waals surface area contributed by atoms with Crippen molar-refractivity contribution in [2.75, 3.05) is 14.2 Å². The number of nitrogens with one attached hydrogen (secondary N) is 2. The first-order chi connectivity index (χ1) is 14.2. The number of halogens is 1. The standard InChI is InChI=1S/C19H20ClN5O4S/c1-11(23-24-19(21)22)15-10-25(16-6-4-12(20)8-14(15)16)30(26,27)13-5-7-17(28-2)18(9-13)29-3/h4-10H,1-3H3,(H4,21,22,24)/b23-11-. The second-order valence-corrected chi connectivity index (χ2v) is 8.50. The quantitative estimate of drug-likeness (QED) is 0.301. The van der Waals surface area contributed by atoms with Crippen molar-refractivity contribution in [2.24, 2.45) is 10.8 Å². The van der Waals surface area contributed by atoms with E-state index in [1.165, 1.54) is 38.6 Å². The topological polar surface area (TPSA) is 132 Å².